The van der Waals surface area contributed by atoms with Crippen LogP contribution in [0.15, 0.2) is 36.4 Å². The number of amides is 1. The molecule has 2 aromatic rings. The van der Waals surface area contributed by atoms with Gasteiger partial charge in [0.25, 0.3) is 5.91 Å². The molecule has 0 bridgehead atoms. The Hall–Kier alpha value is -2.27. The number of carbonyl (C=O) groups is 1. The van der Waals surface area contributed by atoms with E-state index in [0.29, 0.717) is 5.69 Å². The molecule has 0 aliphatic rings. The van der Waals surface area contributed by atoms with Gasteiger partial charge in [-0.15, -0.1) is 0 Å². The summed E-state index contributed by atoms with van der Waals surface area (Å²) in [4.78, 5) is 18.0. The van der Waals surface area contributed by atoms with Crippen LogP contribution in [0.3, 0.4) is 0 Å². The second-order valence-electron chi connectivity index (χ2n) is 4.47. The van der Waals surface area contributed by atoms with Gasteiger partial charge >= 0.3 is 0 Å². The number of nitrogen functional groups attached to an aromatic ring is 1. The predicted octanol–water partition coefficient (Wildman–Crippen LogP) is 2.64. The van der Waals surface area contributed by atoms with E-state index in [2.05, 4.69) is 10.3 Å². The zero-order valence-corrected chi connectivity index (χ0v) is 12.0. The lowest BCUT2D eigenvalue weighted by Gasteiger charge is -2.14. The van der Waals surface area contributed by atoms with E-state index in [1.807, 2.05) is 37.2 Å². The molecule has 0 fully saturated rings. The Morgan fingerprint density at radius 3 is 2.75 bits per heavy atom. The standard InChI is InChI=1S/C14H15ClN4O/c1-19(2)10-5-3-4-9(8-10)17-14(20)13-11(15)6-7-12(16)18-13/h3-8H,1-2H3,(H2,16,18)(H,17,20). The number of hydrogen-bond acceptors (Lipinski definition) is 4. The van der Waals surface area contributed by atoms with Gasteiger partial charge in [0.15, 0.2) is 0 Å². The lowest BCUT2D eigenvalue weighted by atomic mass is 10.2. The van der Waals surface area contributed by atoms with Crippen LogP contribution in [0.4, 0.5) is 17.2 Å². The number of hydrogen-bond donors (Lipinski definition) is 2. The molecule has 0 spiro atoms. The van der Waals surface area contributed by atoms with Crippen LogP contribution >= 0.6 is 11.6 Å². The van der Waals surface area contributed by atoms with Gasteiger partial charge < -0.3 is 16.0 Å². The minimum atomic E-state index is -0.391. The summed E-state index contributed by atoms with van der Waals surface area (Å²) in [6.07, 6.45) is 0. The van der Waals surface area contributed by atoms with Crippen molar-refractivity contribution in [3.8, 4) is 0 Å². The maximum absolute atomic E-state index is 12.1. The second-order valence-corrected chi connectivity index (χ2v) is 4.87. The lowest BCUT2D eigenvalue weighted by molar-refractivity contribution is 0.102. The molecule has 2 rings (SSSR count). The van der Waals surface area contributed by atoms with Gasteiger partial charge in [0, 0.05) is 25.5 Å². The maximum atomic E-state index is 12.1. The molecule has 5 nitrogen and oxygen atoms in total. The highest BCUT2D eigenvalue weighted by molar-refractivity contribution is 6.34. The number of carbonyl (C=O) groups excluding carboxylic acids is 1. The number of benzene rings is 1. The number of aromatic nitrogens is 1. The number of rotatable bonds is 3. The van der Waals surface area contributed by atoms with Crippen molar-refractivity contribution < 1.29 is 4.79 Å². The van der Waals surface area contributed by atoms with Gasteiger partial charge in [-0.2, -0.15) is 0 Å². The molecule has 1 amide bonds. The summed E-state index contributed by atoms with van der Waals surface area (Å²) in [5.41, 5.74) is 7.33. The number of nitrogens with zero attached hydrogens (tertiary/aromatic N) is 2. The molecule has 1 aromatic carbocycles. The van der Waals surface area contributed by atoms with Crippen molar-refractivity contribution >= 4 is 34.7 Å². The number of anilines is 3. The van der Waals surface area contributed by atoms with Gasteiger partial charge in [-0.25, -0.2) is 4.98 Å². The number of pyridine rings is 1. The van der Waals surface area contributed by atoms with Crippen molar-refractivity contribution in [3.63, 3.8) is 0 Å². The molecular weight excluding hydrogens is 276 g/mol. The van der Waals surface area contributed by atoms with Crippen LogP contribution in [0.1, 0.15) is 10.5 Å². The summed E-state index contributed by atoms with van der Waals surface area (Å²) in [5, 5.41) is 3.02. The fourth-order valence-electron chi connectivity index (χ4n) is 1.67. The van der Waals surface area contributed by atoms with Gasteiger partial charge in [-0.05, 0) is 30.3 Å². The second kappa shape index (κ2) is 5.79. The average Bonchev–Trinajstić information content (AvgIpc) is 2.41. The smallest absolute Gasteiger partial charge is 0.275 e. The molecule has 0 unspecified atom stereocenters. The third kappa shape index (κ3) is 3.19. The minimum Gasteiger partial charge on any atom is -0.384 e. The average molecular weight is 291 g/mol. The van der Waals surface area contributed by atoms with Crippen LogP contribution in [-0.4, -0.2) is 25.0 Å². The molecule has 6 heteroatoms. The lowest BCUT2D eigenvalue weighted by Crippen LogP contribution is -2.16. The summed E-state index contributed by atoms with van der Waals surface area (Å²) >= 11 is 5.95. The highest BCUT2D eigenvalue weighted by atomic mass is 35.5. The van der Waals surface area contributed by atoms with Crippen LogP contribution in [0.2, 0.25) is 5.02 Å². The fraction of sp³-hybridized carbons (Fsp3) is 0.143. The Kier molecular flexibility index (Phi) is 4.10. The zero-order valence-electron chi connectivity index (χ0n) is 11.2. The van der Waals surface area contributed by atoms with Crippen molar-refractivity contribution in [2.75, 3.05) is 30.0 Å². The Labute approximate surface area is 122 Å². The SMILES string of the molecule is CN(C)c1cccc(NC(=O)c2nc(N)ccc2Cl)c1. The van der Waals surface area contributed by atoms with Gasteiger partial charge in [-0.3, -0.25) is 4.79 Å². The molecule has 3 N–H and O–H groups in total. The van der Waals surface area contributed by atoms with E-state index in [1.54, 1.807) is 18.2 Å². The first-order valence-corrected chi connectivity index (χ1v) is 6.36. The van der Waals surface area contributed by atoms with Crippen LogP contribution in [0.25, 0.3) is 0 Å². The zero-order chi connectivity index (χ0) is 14.7. The maximum Gasteiger partial charge on any atom is 0.275 e. The Balaban J connectivity index is 2.23. The Morgan fingerprint density at radius 1 is 1.30 bits per heavy atom. The minimum absolute atomic E-state index is 0.113. The van der Waals surface area contributed by atoms with Gasteiger partial charge in [0.2, 0.25) is 0 Å². The van der Waals surface area contributed by atoms with Gasteiger partial charge in [-0.1, -0.05) is 17.7 Å². The molecular formula is C14H15ClN4O. The van der Waals surface area contributed by atoms with E-state index in [9.17, 15) is 4.79 Å². The van der Waals surface area contributed by atoms with Crippen molar-refractivity contribution in [2.24, 2.45) is 0 Å². The molecule has 0 radical (unpaired) electrons. The van der Waals surface area contributed by atoms with Crippen molar-refractivity contribution in [3.05, 3.63) is 47.1 Å². The summed E-state index contributed by atoms with van der Waals surface area (Å²) in [6, 6.07) is 10.6. The summed E-state index contributed by atoms with van der Waals surface area (Å²) < 4.78 is 0. The van der Waals surface area contributed by atoms with E-state index >= 15 is 0 Å². The summed E-state index contributed by atoms with van der Waals surface area (Å²) in [5.74, 6) is -0.139. The topological polar surface area (TPSA) is 71.2 Å². The summed E-state index contributed by atoms with van der Waals surface area (Å²) in [7, 11) is 3.86. The number of nitrogens with one attached hydrogen (secondary N) is 1. The predicted molar refractivity (Wildman–Crippen MR) is 82.4 cm³/mol. The van der Waals surface area contributed by atoms with Crippen molar-refractivity contribution in [1.29, 1.82) is 0 Å². The van der Waals surface area contributed by atoms with Crippen LogP contribution < -0.4 is 16.0 Å². The normalized spacial score (nSPS) is 10.2. The van der Waals surface area contributed by atoms with Gasteiger partial charge in [0.1, 0.15) is 11.5 Å². The molecule has 20 heavy (non-hydrogen) atoms. The largest absolute Gasteiger partial charge is 0.384 e. The van der Waals surface area contributed by atoms with Crippen molar-refractivity contribution in [2.45, 2.75) is 0 Å². The molecule has 1 heterocycles. The first kappa shape index (κ1) is 14.1. The molecule has 0 aliphatic carbocycles. The molecule has 0 saturated carbocycles. The third-order valence-corrected chi connectivity index (χ3v) is 3.01. The molecule has 0 saturated heterocycles. The van der Waals surface area contributed by atoms with Crippen LogP contribution in [0.5, 0.6) is 0 Å². The van der Waals surface area contributed by atoms with E-state index in [-0.39, 0.29) is 16.5 Å². The van der Waals surface area contributed by atoms with Gasteiger partial charge in [0.05, 0.1) is 5.02 Å². The summed E-state index contributed by atoms with van der Waals surface area (Å²) in [6.45, 7) is 0. The molecule has 0 atom stereocenters. The highest BCUT2D eigenvalue weighted by Gasteiger charge is 2.13. The molecule has 1 aromatic heterocycles. The molecule has 0 aliphatic heterocycles. The fourth-order valence-corrected chi connectivity index (χ4v) is 1.86. The first-order chi connectivity index (χ1) is 9.47. The molecule has 104 valence electrons. The van der Waals surface area contributed by atoms with E-state index in [4.69, 9.17) is 17.3 Å². The Morgan fingerprint density at radius 2 is 2.05 bits per heavy atom. The first-order valence-electron chi connectivity index (χ1n) is 5.98. The number of nitrogens with two attached hydrogens (primary N) is 1. The number of halogens is 1. The highest BCUT2D eigenvalue weighted by Crippen LogP contribution is 2.20. The van der Waals surface area contributed by atoms with Crippen molar-refractivity contribution in [1.82, 2.24) is 4.98 Å². The van der Waals surface area contributed by atoms with E-state index in [1.165, 1.54) is 0 Å². The quantitative estimate of drug-likeness (QED) is 0.911. The monoisotopic (exact) mass is 290 g/mol. The Bertz CT molecular complexity index is 643. The van der Waals surface area contributed by atoms with Crippen LogP contribution in [0, 0.1) is 0 Å². The third-order valence-electron chi connectivity index (χ3n) is 2.70. The van der Waals surface area contributed by atoms with Crippen LogP contribution in [-0.2, 0) is 0 Å². The van der Waals surface area contributed by atoms with E-state index in [0.717, 1.165) is 5.69 Å². The van der Waals surface area contributed by atoms with E-state index < -0.39 is 5.91 Å².